The number of methoxy groups -OCH3 is 2. The van der Waals surface area contributed by atoms with E-state index in [2.05, 4.69) is 5.32 Å². The Labute approximate surface area is 138 Å². The molecule has 0 spiro atoms. The van der Waals surface area contributed by atoms with E-state index in [4.69, 9.17) is 9.47 Å². The molecule has 1 aliphatic rings. The first-order chi connectivity index (χ1) is 10.9. The second kappa shape index (κ2) is 7.51. The Hall–Kier alpha value is -1.31. The molecule has 2 rings (SSSR count). The molecule has 0 radical (unpaired) electrons. The van der Waals surface area contributed by atoms with Crippen molar-refractivity contribution in [1.29, 1.82) is 0 Å². The third-order valence-corrected chi connectivity index (χ3v) is 6.41. The average molecular weight is 342 g/mol. The number of hydrogen-bond donors (Lipinski definition) is 1. The maximum Gasteiger partial charge on any atom is 0.243 e. The number of sulfonamides is 1. The van der Waals surface area contributed by atoms with Gasteiger partial charge in [-0.25, -0.2) is 8.42 Å². The van der Waals surface area contributed by atoms with Gasteiger partial charge in [-0.05, 0) is 50.9 Å². The molecule has 0 bridgehead atoms. The van der Waals surface area contributed by atoms with Crippen molar-refractivity contribution in [3.05, 3.63) is 17.7 Å². The molecule has 1 saturated heterocycles. The lowest BCUT2D eigenvalue weighted by molar-refractivity contribution is 0.270. The van der Waals surface area contributed by atoms with E-state index in [0.717, 1.165) is 19.4 Å². The molecule has 1 aromatic carbocycles. The quantitative estimate of drug-likeness (QED) is 0.851. The van der Waals surface area contributed by atoms with E-state index in [9.17, 15) is 8.42 Å². The van der Waals surface area contributed by atoms with Crippen molar-refractivity contribution in [1.82, 2.24) is 9.62 Å². The molecule has 1 heterocycles. The van der Waals surface area contributed by atoms with Crippen LogP contribution in [0.15, 0.2) is 17.0 Å². The Balaban J connectivity index is 2.27. The van der Waals surface area contributed by atoms with E-state index in [1.54, 1.807) is 23.4 Å². The van der Waals surface area contributed by atoms with E-state index in [1.807, 2.05) is 7.05 Å². The highest BCUT2D eigenvalue weighted by Gasteiger charge is 2.31. The fraction of sp³-hybridized carbons (Fsp3) is 0.625. The molecule has 0 atom stereocenters. The first-order valence-corrected chi connectivity index (χ1v) is 9.25. The molecule has 6 nitrogen and oxygen atoms in total. The summed E-state index contributed by atoms with van der Waals surface area (Å²) in [6.45, 7) is 3.83. The molecule has 0 unspecified atom stereocenters. The molecule has 1 aliphatic heterocycles. The monoisotopic (exact) mass is 342 g/mol. The van der Waals surface area contributed by atoms with Gasteiger partial charge in [0.2, 0.25) is 10.0 Å². The van der Waals surface area contributed by atoms with Gasteiger partial charge in [0, 0.05) is 19.2 Å². The number of aryl methyl sites for hydroxylation is 1. The number of nitrogens with one attached hydrogen (secondary N) is 1. The molecule has 1 N–H and O–H groups in total. The number of rotatable bonds is 6. The topological polar surface area (TPSA) is 67.9 Å². The van der Waals surface area contributed by atoms with Gasteiger partial charge in [0.05, 0.1) is 19.1 Å². The second-order valence-corrected chi connectivity index (χ2v) is 7.78. The summed E-state index contributed by atoms with van der Waals surface area (Å²) in [5.41, 5.74) is 0.667. The molecular formula is C16H26N2O4S. The summed E-state index contributed by atoms with van der Waals surface area (Å²) < 4.78 is 38.0. The van der Waals surface area contributed by atoms with E-state index < -0.39 is 10.0 Å². The van der Waals surface area contributed by atoms with Crippen LogP contribution in [0.2, 0.25) is 0 Å². The van der Waals surface area contributed by atoms with Gasteiger partial charge in [-0.2, -0.15) is 4.31 Å². The van der Waals surface area contributed by atoms with Crippen molar-refractivity contribution < 1.29 is 17.9 Å². The van der Waals surface area contributed by atoms with Crippen molar-refractivity contribution in [2.24, 2.45) is 5.92 Å². The van der Waals surface area contributed by atoms with Crippen LogP contribution < -0.4 is 14.8 Å². The molecule has 0 aliphatic carbocycles. The summed E-state index contributed by atoms with van der Waals surface area (Å²) >= 11 is 0. The lowest BCUT2D eigenvalue weighted by Gasteiger charge is -2.31. The van der Waals surface area contributed by atoms with E-state index in [1.165, 1.54) is 14.2 Å². The van der Waals surface area contributed by atoms with Gasteiger partial charge in [-0.3, -0.25) is 0 Å². The molecule has 130 valence electrons. The first kappa shape index (κ1) is 18.0. The van der Waals surface area contributed by atoms with Crippen LogP contribution in [0.25, 0.3) is 0 Å². The Kier molecular flexibility index (Phi) is 5.89. The Morgan fingerprint density at radius 3 is 2.26 bits per heavy atom. The van der Waals surface area contributed by atoms with E-state index >= 15 is 0 Å². The van der Waals surface area contributed by atoms with Gasteiger partial charge in [0.25, 0.3) is 0 Å². The van der Waals surface area contributed by atoms with Crippen LogP contribution in [-0.2, 0) is 10.0 Å². The maximum absolute atomic E-state index is 13.0. The van der Waals surface area contributed by atoms with Crippen LogP contribution in [0.3, 0.4) is 0 Å². The van der Waals surface area contributed by atoms with Crippen molar-refractivity contribution in [3.63, 3.8) is 0 Å². The first-order valence-electron chi connectivity index (χ1n) is 7.81. The lowest BCUT2D eigenvalue weighted by atomic mass is 9.98. The highest BCUT2D eigenvalue weighted by molar-refractivity contribution is 7.89. The van der Waals surface area contributed by atoms with Crippen molar-refractivity contribution >= 4 is 10.0 Å². The number of ether oxygens (including phenoxy) is 2. The standard InChI is InChI=1S/C16H26N2O4S/c1-12-9-14(21-3)15(22-4)10-16(12)23(19,20)18-7-5-13(6-8-18)11-17-2/h9-10,13,17H,5-8,11H2,1-4H3. The van der Waals surface area contributed by atoms with E-state index in [-0.39, 0.29) is 0 Å². The van der Waals surface area contributed by atoms with Crippen LogP contribution >= 0.6 is 0 Å². The average Bonchev–Trinajstić information content (AvgIpc) is 2.55. The van der Waals surface area contributed by atoms with Gasteiger partial charge in [-0.1, -0.05) is 0 Å². The number of piperidine rings is 1. The maximum atomic E-state index is 13.0. The largest absolute Gasteiger partial charge is 0.493 e. The summed E-state index contributed by atoms with van der Waals surface area (Å²) in [6.07, 6.45) is 1.76. The highest BCUT2D eigenvalue weighted by atomic mass is 32.2. The Morgan fingerprint density at radius 2 is 1.74 bits per heavy atom. The molecule has 7 heteroatoms. The van der Waals surface area contributed by atoms with Crippen LogP contribution in [0.1, 0.15) is 18.4 Å². The third kappa shape index (κ3) is 3.79. The fourth-order valence-corrected chi connectivity index (χ4v) is 4.71. The van der Waals surface area contributed by atoms with Crippen molar-refractivity contribution in [3.8, 4) is 11.5 Å². The minimum atomic E-state index is -3.51. The van der Waals surface area contributed by atoms with Gasteiger partial charge in [0.1, 0.15) is 0 Å². The van der Waals surface area contributed by atoms with Crippen LogP contribution in [-0.4, -0.2) is 53.6 Å². The van der Waals surface area contributed by atoms with Crippen LogP contribution in [0, 0.1) is 12.8 Å². The van der Waals surface area contributed by atoms with Crippen LogP contribution in [0.5, 0.6) is 11.5 Å². The van der Waals surface area contributed by atoms with Crippen molar-refractivity contribution in [2.75, 3.05) is 40.9 Å². The summed E-state index contributed by atoms with van der Waals surface area (Å²) in [5.74, 6) is 1.51. The molecule has 1 fully saturated rings. The molecule has 0 aromatic heterocycles. The molecule has 23 heavy (non-hydrogen) atoms. The number of benzene rings is 1. The minimum absolute atomic E-state index is 0.294. The van der Waals surface area contributed by atoms with Crippen LogP contribution in [0.4, 0.5) is 0 Å². The number of hydrogen-bond acceptors (Lipinski definition) is 5. The SMILES string of the molecule is CNCC1CCN(S(=O)(=O)c2cc(OC)c(OC)cc2C)CC1. The van der Waals surface area contributed by atoms with E-state index in [0.29, 0.717) is 41.0 Å². The molecule has 1 aromatic rings. The van der Waals surface area contributed by atoms with Gasteiger partial charge < -0.3 is 14.8 Å². The second-order valence-electron chi connectivity index (χ2n) is 5.88. The predicted octanol–water partition coefficient (Wildman–Crippen LogP) is 1.63. The lowest BCUT2D eigenvalue weighted by Crippen LogP contribution is -2.40. The Morgan fingerprint density at radius 1 is 1.17 bits per heavy atom. The smallest absolute Gasteiger partial charge is 0.243 e. The minimum Gasteiger partial charge on any atom is -0.493 e. The van der Waals surface area contributed by atoms with Gasteiger partial charge in [0.15, 0.2) is 11.5 Å². The highest BCUT2D eigenvalue weighted by Crippen LogP contribution is 2.34. The van der Waals surface area contributed by atoms with Gasteiger partial charge >= 0.3 is 0 Å². The molecule has 0 amide bonds. The molecular weight excluding hydrogens is 316 g/mol. The van der Waals surface area contributed by atoms with Gasteiger partial charge in [-0.15, -0.1) is 0 Å². The fourth-order valence-electron chi connectivity index (χ4n) is 3.02. The summed E-state index contributed by atoms with van der Waals surface area (Å²) in [5, 5.41) is 3.16. The molecule has 0 saturated carbocycles. The third-order valence-electron chi connectivity index (χ3n) is 4.37. The summed E-state index contributed by atoms with van der Waals surface area (Å²) in [4.78, 5) is 0.294. The zero-order chi connectivity index (χ0) is 17.0. The zero-order valence-corrected chi connectivity index (χ0v) is 15.1. The normalized spacial score (nSPS) is 17.2. The summed E-state index contributed by atoms with van der Waals surface area (Å²) in [6, 6.07) is 3.27. The Bertz CT molecular complexity index is 638. The number of nitrogens with zero attached hydrogens (tertiary/aromatic N) is 1. The predicted molar refractivity (Wildman–Crippen MR) is 89.7 cm³/mol. The zero-order valence-electron chi connectivity index (χ0n) is 14.3. The van der Waals surface area contributed by atoms with Crippen molar-refractivity contribution in [2.45, 2.75) is 24.7 Å². The summed E-state index contributed by atoms with van der Waals surface area (Å²) in [7, 11) is 1.46.